The van der Waals surface area contributed by atoms with Gasteiger partial charge in [-0.1, -0.05) is 29.3 Å². The third-order valence-electron chi connectivity index (χ3n) is 2.35. The van der Waals surface area contributed by atoms with Crippen LogP contribution in [0.25, 0.3) is 0 Å². The molecule has 0 saturated carbocycles. The number of nitrogens with one attached hydrogen (secondary N) is 1. The van der Waals surface area contributed by atoms with Gasteiger partial charge in [0.25, 0.3) is 5.91 Å². The molecule has 1 amide bonds. The summed E-state index contributed by atoms with van der Waals surface area (Å²) in [7, 11) is 0. The highest BCUT2D eigenvalue weighted by Crippen LogP contribution is 2.23. The minimum absolute atomic E-state index is 0.272. The van der Waals surface area contributed by atoms with Gasteiger partial charge in [-0.25, -0.2) is 0 Å². The Bertz CT molecular complexity index is 599. The highest BCUT2D eigenvalue weighted by Gasteiger charge is 2.08. The predicted molar refractivity (Wildman–Crippen MR) is 75.3 cm³/mol. The van der Waals surface area contributed by atoms with Crippen molar-refractivity contribution in [1.29, 1.82) is 0 Å². The van der Waals surface area contributed by atoms with E-state index in [9.17, 15) is 4.79 Å². The molecule has 3 nitrogen and oxygen atoms in total. The Balaban J connectivity index is 2.21. The van der Waals surface area contributed by atoms with Crippen molar-refractivity contribution >= 4 is 40.5 Å². The molecule has 0 bridgehead atoms. The van der Waals surface area contributed by atoms with Crippen molar-refractivity contribution in [2.45, 2.75) is 0 Å². The largest absolute Gasteiger partial charge is 0.397 e. The van der Waals surface area contributed by atoms with E-state index in [0.29, 0.717) is 27.0 Å². The van der Waals surface area contributed by atoms with Crippen molar-refractivity contribution < 1.29 is 4.79 Å². The van der Waals surface area contributed by atoms with Crippen LogP contribution in [0.1, 0.15) is 10.4 Å². The number of carbonyl (C=O) groups is 1. The van der Waals surface area contributed by atoms with Gasteiger partial charge in [-0.15, -0.1) is 0 Å². The molecule has 0 saturated heterocycles. The summed E-state index contributed by atoms with van der Waals surface area (Å²) < 4.78 is 0. The first-order chi connectivity index (χ1) is 8.56. The molecule has 0 unspecified atom stereocenters. The molecule has 2 aromatic rings. The predicted octanol–water partition coefficient (Wildman–Crippen LogP) is 3.83. The van der Waals surface area contributed by atoms with Crippen LogP contribution in [0.5, 0.6) is 0 Å². The van der Waals surface area contributed by atoms with Crippen LogP contribution in [-0.2, 0) is 0 Å². The normalized spacial score (nSPS) is 10.1. The maximum atomic E-state index is 11.9. The van der Waals surface area contributed by atoms with Gasteiger partial charge in [0.05, 0.1) is 11.4 Å². The smallest absolute Gasteiger partial charge is 0.255 e. The number of anilines is 2. The lowest BCUT2D eigenvalue weighted by molar-refractivity contribution is 0.102. The molecular formula is C13H10Cl2N2O. The van der Waals surface area contributed by atoms with Gasteiger partial charge in [0, 0.05) is 15.6 Å². The number of amides is 1. The number of hydrogen-bond donors (Lipinski definition) is 2. The summed E-state index contributed by atoms with van der Waals surface area (Å²) in [5, 5.41) is 3.73. The molecule has 0 aliphatic carbocycles. The van der Waals surface area contributed by atoms with Crippen LogP contribution in [0.15, 0.2) is 42.5 Å². The first kappa shape index (κ1) is 12.7. The van der Waals surface area contributed by atoms with Crippen molar-refractivity contribution in [1.82, 2.24) is 0 Å². The van der Waals surface area contributed by atoms with Crippen molar-refractivity contribution in [3.05, 3.63) is 58.1 Å². The van der Waals surface area contributed by atoms with Gasteiger partial charge in [0.15, 0.2) is 0 Å². The maximum Gasteiger partial charge on any atom is 0.255 e. The van der Waals surface area contributed by atoms with Gasteiger partial charge in [0.2, 0.25) is 0 Å². The molecule has 0 radical (unpaired) electrons. The molecule has 2 aromatic carbocycles. The minimum atomic E-state index is -0.272. The Morgan fingerprint density at radius 1 is 1.06 bits per heavy atom. The second-order valence-corrected chi connectivity index (χ2v) is 4.57. The molecule has 0 fully saturated rings. The molecule has 2 rings (SSSR count). The molecule has 5 heteroatoms. The summed E-state index contributed by atoms with van der Waals surface area (Å²) in [4.78, 5) is 11.9. The zero-order valence-corrected chi connectivity index (χ0v) is 10.8. The van der Waals surface area contributed by atoms with Crippen LogP contribution in [0, 0.1) is 0 Å². The van der Waals surface area contributed by atoms with E-state index < -0.39 is 0 Å². The van der Waals surface area contributed by atoms with Crippen LogP contribution < -0.4 is 11.1 Å². The molecule has 0 aliphatic rings. The van der Waals surface area contributed by atoms with E-state index in [2.05, 4.69) is 5.32 Å². The average molecular weight is 281 g/mol. The van der Waals surface area contributed by atoms with Crippen LogP contribution in [0.3, 0.4) is 0 Å². The van der Waals surface area contributed by atoms with Crippen LogP contribution in [-0.4, -0.2) is 5.91 Å². The number of carbonyl (C=O) groups excluding carboxylic acids is 1. The summed E-state index contributed by atoms with van der Waals surface area (Å²) in [6.07, 6.45) is 0. The lowest BCUT2D eigenvalue weighted by Gasteiger charge is -2.08. The van der Waals surface area contributed by atoms with E-state index in [-0.39, 0.29) is 5.91 Å². The van der Waals surface area contributed by atoms with Gasteiger partial charge in [-0.05, 0) is 36.4 Å². The monoisotopic (exact) mass is 280 g/mol. The molecule has 3 N–H and O–H groups in total. The standard InChI is InChI=1S/C13H10Cl2N2O/c14-9-3-1-2-8(6-9)13(18)17-12-5-4-10(15)7-11(12)16/h1-7H,16H2,(H,17,18). The Morgan fingerprint density at radius 3 is 2.44 bits per heavy atom. The number of rotatable bonds is 2. The van der Waals surface area contributed by atoms with Crippen molar-refractivity contribution in [3.8, 4) is 0 Å². The van der Waals surface area contributed by atoms with Crippen LogP contribution in [0.2, 0.25) is 10.0 Å². The van der Waals surface area contributed by atoms with Gasteiger partial charge >= 0.3 is 0 Å². The fourth-order valence-corrected chi connectivity index (χ4v) is 1.84. The second-order valence-electron chi connectivity index (χ2n) is 3.70. The molecule has 0 atom stereocenters. The fourth-order valence-electron chi connectivity index (χ4n) is 1.47. The molecule has 0 aromatic heterocycles. The summed E-state index contributed by atoms with van der Waals surface area (Å²) in [6, 6.07) is 11.6. The van der Waals surface area contributed by atoms with E-state index in [4.69, 9.17) is 28.9 Å². The van der Waals surface area contributed by atoms with Gasteiger partial charge < -0.3 is 11.1 Å². The summed E-state index contributed by atoms with van der Waals surface area (Å²) in [5.74, 6) is -0.272. The fraction of sp³-hybridized carbons (Fsp3) is 0. The third kappa shape index (κ3) is 2.94. The van der Waals surface area contributed by atoms with Crippen molar-refractivity contribution in [2.75, 3.05) is 11.1 Å². The van der Waals surface area contributed by atoms with Gasteiger partial charge in [-0.3, -0.25) is 4.79 Å². The van der Waals surface area contributed by atoms with Crippen LogP contribution in [0.4, 0.5) is 11.4 Å². The number of halogens is 2. The Morgan fingerprint density at radius 2 is 1.78 bits per heavy atom. The Labute approximate surface area is 115 Å². The maximum absolute atomic E-state index is 11.9. The zero-order valence-electron chi connectivity index (χ0n) is 9.28. The Hall–Kier alpha value is -1.71. The minimum Gasteiger partial charge on any atom is -0.397 e. The van der Waals surface area contributed by atoms with E-state index in [1.807, 2.05) is 0 Å². The van der Waals surface area contributed by atoms with E-state index in [1.54, 1.807) is 42.5 Å². The first-order valence-corrected chi connectivity index (χ1v) is 5.94. The highest BCUT2D eigenvalue weighted by molar-refractivity contribution is 6.31. The quantitative estimate of drug-likeness (QED) is 0.822. The summed E-state index contributed by atoms with van der Waals surface area (Å²) in [5.41, 5.74) is 7.15. The molecular weight excluding hydrogens is 271 g/mol. The van der Waals surface area contributed by atoms with Crippen molar-refractivity contribution in [2.24, 2.45) is 0 Å². The second kappa shape index (κ2) is 5.29. The number of nitrogens with two attached hydrogens (primary N) is 1. The SMILES string of the molecule is Nc1cc(Cl)ccc1NC(=O)c1cccc(Cl)c1. The molecule has 92 valence electrons. The van der Waals surface area contributed by atoms with Crippen molar-refractivity contribution in [3.63, 3.8) is 0 Å². The topological polar surface area (TPSA) is 55.1 Å². The third-order valence-corrected chi connectivity index (χ3v) is 2.82. The number of nitrogen functional groups attached to an aromatic ring is 1. The van der Waals surface area contributed by atoms with E-state index in [0.717, 1.165) is 0 Å². The molecule has 18 heavy (non-hydrogen) atoms. The molecule has 0 aliphatic heterocycles. The van der Waals surface area contributed by atoms with Crippen LogP contribution >= 0.6 is 23.2 Å². The molecule has 0 heterocycles. The Kier molecular flexibility index (Phi) is 3.75. The average Bonchev–Trinajstić information content (AvgIpc) is 2.32. The molecule has 0 spiro atoms. The highest BCUT2D eigenvalue weighted by atomic mass is 35.5. The van der Waals surface area contributed by atoms with E-state index >= 15 is 0 Å². The lowest BCUT2D eigenvalue weighted by Crippen LogP contribution is -2.13. The summed E-state index contributed by atoms with van der Waals surface area (Å²) in [6.45, 7) is 0. The number of benzene rings is 2. The lowest BCUT2D eigenvalue weighted by atomic mass is 10.2. The zero-order chi connectivity index (χ0) is 13.1. The first-order valence-electron chi connectivity index (χ1n) is 5.18. The van der Waals surface area contributed by atoms with Gasteiger partial charge in [-0.2, -0.15) is 0 Å². The summed E-state index contributed by atoms with van der Waals surface area (Å²) >= 11 is 11.6. The number of hydrogen-bond acceptors (Lipinski definition) is 2. The van der Waals surface area contributed by atoms with E-state index in [1.165, 1.54) is 0 Å². The van der Waals surface area contributed by atoms with Gasteiger partial charge in [0.1, 0.15) is 0 Å².